The Kier molecular flexibility index (Phi) is 7.96. The summed E-state index contributed by atoms with van der Waals surface area (Å²) in [4.78, 5) is 46.0. The highest BCUT2D eigenvalue weighted by molar-refractivity contribution is 6.34. The number of hydrogen-bond donors (Lipinski definition) is 1. The molecular formula is C33H35ClN2O6. The number of aryl methyl sites for hydroxylation is 1. The summed E-state index contributed by atoms with van der Waals surface area (Å²) < 4.78 is 12.4. The van der Waals surface area contributed by atoms with Crippen molar-refractivity contribution in [2.45, 2.75) is 56.4 Å². The predicted octanol–water partition coefficient (Wildman–Crippen LogP) is 4.02. The van der Waals surface area contributed by atoms with E-state index in [1.807, 2.05) is 67.6 Å². The first-order valence-corrected chi connectivity index (χ1v) is 15.0. The lowest BCUT2D eigenvalue weighted by atomic mass is 9.78. The van der Waals surface area contributed by atoms with Crippen LogP contribution in [0.2, 0.25) is 5.02 Å². The van der Waals surface area contributed by atoms with Crippen molar-refractivity contribution in [3.63, 3.8) is 0 Å². The first-order chi connectivity index (χ1) is 20.4. The van der Waals surface area contributed by atoms with Crippen LogP contribution in [0.15, 0.2) is 72.8 Å². The molecule has 0 saturated carbocycles. The number of hydrogen-bond acceptors (Lipinski definition) is 6. The Morgan fingerprint density at radius 1 is 1.05 bits per heavy atom. The second kappa shape index (κ2) is 11.7. The molecule has 1 spiro atoms. The van der Waals surface area contributed by atoms with E-state index in [2.05, 4.69) is 0 Å². The quantitative estimate of drug-likeness (QED) is 0.417. The van der Waals surface area contributed by atoms with Crippen LogP contribution in [0.4, 0.5) is 5.69 Å². The number of cyclic esters (lactones) is 1. The molecule has 220 valence electrons. The van der Waals surface area contributed by atoms with Crippen LogP contribution in [0.3, 0.4) is 0 Å². The Morgan fingerprint density at radius 2 is 1.86 bits per heavy atom. The van der Waals surface area contributed by atoms with Crippen molar-refractivity contribution >= 4 is 35.1 Å². The van der Waals surface area contributed by atoms with E-state index in [1.165, 1.54) is 4.90 Å². The molecule has 6 rings (SSSR count). The van der Waals surface area contributed by atoms with Gasteiger partial charge in [0, 0.05) is 6.54 Å². The maximum Gasteiger partial charge on any atom is 0.312 e. The standard InChI is InChI=1S/C33H35ClN2O6/c1-21-11-9-14-24(34)28(21)35-17-10-16-33-27(26-25(42-33)15-7-2-3-8-18-41-32(26)40)30(38)36(29(33)31(35)39)23(20-37)19-22-12-5-4-6-13-22/h4-7,9-16,23,25-27,29,37H,2-3,8,17-20H2,1H3/b15-7-/t23-,25-,26+,27+,29?,33+/m1/s1. The van der Waals surface area contributed by atoms with Gasteiger partial charge in [-0.1, -0.05) is 78.4 Å². The van der Waals surface area contributed by atoms with Crippen LogP contribution in [0, 0.1) is 18.8 Å². The molecule has 2 saturated heterocycles. The fraction of sp³-hybridized carbons (Fsp3) is 0.424. The highest BCUT2D eigenvalue weighted by atomic mass is 35.5. The summed E-state index contributed by atoms with van der Waals surface area (Å²) >= 11 is 6.64. The topological polar surface area (TPSA) is 96.4 Å². The molecule has 2 aromatic carbocycles. The summed E-state index contributed by atoms with van der Waals surface area (Å²) in [5.74, 6) is -3.21. The number of aliphatic hydroxyl groups is 1. The van der Waals surface area contributed by atoms with E-state index in [4.69, 9.17) is 21.1 Å². The summed E-state index contributed by atoms with van der Waals surface area (Å²) in [6.45, 7) is 1.97. The Morgan fingerprint density at radius 3 is 2.62 bits per heavy atom. The minimum absolute atomic E-state index is 0.206. The molecule has 4 aliphatic rings. The predicted molar refractivity (Wildman–Crippen MR) is 158 cm³/mol. The number of amides is 2. The minimum Gasteiger partial charge on any atom is -0.465 e. The van der Waals surface area contributed by atoms with Crippen LogP contribution < -0.4 is 4.90 Å². The van der Waals surface area contributed by atoms with Crippen molar-refractivity contribution in [3.8, 4) is 0 Å². The van der Waals surface area contributed by atoms with Crippen LogP contribution in [-0.2, 0) is 30.3 Å². The molecule has 2 amide bonds. The number of fused-ring (bicyclic) bond motifs is 2. The van der Waals surface area contributed by atoms with E-state index >= 15 is 0 Å². The minimum atomic E-state index is -1.44. The monoisotopic (exact) mass is 590 g/mol. The van der Waals surface area contributed by atoms with Crippen molar-refractivity contribution < 1.29 is 29.0 Å². The molecule has 0 radical (unpaired) electrons. The SMILES string of the molecule is Cc1cccc(Cl)c1N1CC=C[C@]23O[C@@H]4/C=C\CCCCOC(=O)[C@@H]4[C@H]2C(=O)N([C@@H](CO)Cc2ccccc2)C3C1=O. The van der Waals surface area contributed by atoms with Gasteiger partial charge in [-0.25, -0.2) is 0 Å². The molecule has 6 atom stereocenters. The summed E-state index contributed by atoms with van der Waals surface area (Å²) in [5.41, 5.74) is 0.838. The molecule has 0 aliphatic carbocycles. The van der Waals surface area contributed by atoms with Gasteiger partial charge in [-0.15, -0.1) is 0 Å². The zero-order valence-corrected chi connectivity index (χ0v) is 24.3. The lowest BCUT2D eigenvalue weighted by Crippen LogP contribution is -2.58. The number of esters is 1. The number of carbonyl (C=O) groups is 3. The molecule has 4 heterocycles. The molecule has 9 heteroatoms. The highest BCUT2D eigenvalue weighted by Crippen LogP contribution is 2.54. The van der Waals surface area contributed by atoms with Gasteiger partial charge >= 0.3 is 5.97 Å². The molecule has 1 unspecified atom stereocenters. The third-order valence-electron chi connectivity index (χ3n) is 8.92. The van der Waals surface area contributed by atoms with E-state index < -0.39 is 47.5 Å². The van der Waals surface area contributed by atoms with E-state index in [9.17, 15) is 19.5 Å². The Bertz CT molecular complexity index is 1410. The fourth-order valence-corrected chi connectivity index (χ4v) is 7.38. The van der Waals surface area contributed by atoms with Crippen LogP contribution in [0.1, 0.15) is 30.4 Å². The highest BCUT2D eigenvalue weighted by Gasteiger charge is 2.72. The van der Waals surface area contributed by atoms with Crippen molar-refractivity contribution in [2.75, 3.05) is 24.7 Å². The third kappa shape index (κ3) is 4.75. The van der Waals surface area contributed by atoms with Crippen molar-refractivity contribution in [2.24, 2.45) is 11.8 Å². The molecule has 2 fully saturated rings. The van der Waals surface area contributed by atoms with Crippen LogP contribution >= 0.6 is 11.6 Å². The average Bonchev–Trinajstić information content (AvgIpc) is 3.38. The number of likely N-dealkylation sites (tertiary alicyclic amines) is 1. The molecule has 0 bridgehead atoms. The number of benzene rings is 2. The number of anilines is 1. The molecule has 2 aromatic rings. The lowest BCUT2D eigenvalue weighted by molar-refractivity contribution is -0.155. The normalized spacial score (nSPS) is 30.7. The number of ether oxygens (including phenoxy) is 2. The number of halogens is 1. The number of aliphatic hydroxyl groups excluding tert-OH is 1. The van der Waals surface area contributed by atoms with Gasteiger partial charge in [0.25, 0.3) is 5.91 Å². The number of allylic oxidation sites excluding steroid dienone is 1. The van der Waals surface area contributed by atoms with Gasteiger partial charge in [0.1, 0.15) is 17.6 Å². The number of para-hydroxylation sites is 1. The van der Waals surface area contributed by atoms with Gasteiger partial charge in [-0.2, -0.15) is 0 Å². The second-order valence-electron chi connectivity index (χ2n) is 11.5. The third-order valence-corrected chi connectivity index (χ3v) is 9.22. The van der Waals surface area contributed by atoms with Crippen LogP contribution in [0.25, 0.3) is 0 Å². The van der Waals surface area contributed by atoms with Crippen molar-refractivity contribution in [1.29, 1.82) is 0 Å². The summed E-state index contributed by atoms with van der Waals surface area (Å²) in [6, 6.07) is 13.1. The molecule has 8 nitrogen and oxygen atoms in total. The Balaban J connectivity index is 1.49. The van der Waals surface area contributed by atoms with E-state index in [-0.39, 0.29) is 25.7 Å². The molecular weight excluding hydrogens is 556 g/mol. The zero-order chi connectivity index (χ0) is 29.4. The zero-order valence-electron chi connectivity index (χ0n) is 23.5. The first-order valence-electron chi connectivity index (χ1n) is 14.6. The maximum atomic E-state index is 14.8. The van der Waals surface area contributed by atoms with Crippen molar-refractivity contribution in [3.05, 3.63) is 89.0 Å². The summed E-state index contributed by atoms with van der Waals surface area (Å²) in [6.07, 6.45) is 9.41. The summed E-state index contributed by atoms with van der Waals surface area (Å²) in [7, 11) is 0. The Labute approximate surface area is 250 Å². The first kappa shape index (κ1) is 28.6. The van der Waals surface area contributed by atoms with Crippen LogP contribution in [-0.4, -0.2) is 71.3 Å². The number of rotatable bonds is 5. The van der Waals surface area contributed by atoms with Crippen molar-refractivity contribution in [1.82, 2.24) is 4.90 Å². The van der Waals surface area contributed by atoms with Gasteiger partial charge in [-0.05, 0) is 49.8 Å². The van der Waals surface area contributed by atoms with E-state index in [0.717, 1.165) is 30.4 Å². The van der Waals surface area contributed by atoms with Gasteiger partial charge < -0.3 is 24.4 Å². The van der Waals surface area contributed by atoms with E-state index in [1.54, 1.807) is 17.0 Å². The number of carbonyl (C=O) groups excluding carboxylic acids is 3. The van der Waals surface area contributed by atoms with Gasteiger partial charge in [0.05, 0.1) is 42.0 Å². The lowest BCUT2D eigenvalue weighted by Gasteiger charge is -2.39. The van der Waals surface area contributed by atoms with E-state index in [0.29, 0.717) is 17.1 Å². The summed E-state index contributed by atoms with van der Waals surface area (Å²) in [5, 5.41) is 11.1. The van der Waals surface area contributed by atoms with Crippen LogP contribution in [0.5, 0.6) is 0 Å². The van der Waals surface area contributed by atoms with Gasteiger partial charge in [0.15, 0.2) is 0 Å². The largest absolute Gasteiger partial charge is 0.465 e. The fourth-order valence-electron chi connectivity index (χ4n) is 7.05. The Hall–Kier alpha value is -3.46. The molecule has 42 heavy (non-hydrogen) atoms. The smallest absolute Gasteiger partial charge is 0.312 e. The van der Waals surface area contributed by atoms with Gasteiger partial charge in [0.2, 0.25) is 5.91 Å². The molecule has 0 aromatic heterocycles. The average molecular weight is 591 g/mol. The maximum absolute atomic E-state index is 14.8. The molecule has 1 N–H and O–H groups in total. The second-order valence-corrected chi connectivity index (χ2v) is 11.9. The molecule has 4 aliphatic heterocycles. The number of nitrogens with zero attached hydrogens (tertiary/aromatic N) is 2. The van der Waals surface area contributed by atoms with Gasteiger partial charge in [-0.3, -0.25) is 14.4 Å².